The highest BCUT2D eigenvalue weighted by atomic mass is 32.2. The topological polar surface area (TPSA) is 123 Å². The van der Waals surface area contributed by atoms with Crippen LogP contribution in [-0.4, -0.2) is 40.1 Å². The van der Waals surface area contributed by atoms with Gasteiger partial charge in [0.25, 0.3) is 0 Å². The first-order chi connectivity index (χ1) is 11.1. The molecule has 24 heavy (non-hydrogen) atoms. The average Bonchev–Trinajstić information content (AvgIpc) is 2.59. The average molecular weight is 354 g/mol. The van der Waals surface area contributed by atoms with E-state index in [0.717, 1.165) is 26.4 Å². The molecule has 0 unspecified atom stereocenters. The molecule has 0 heterocycles. The van der Waals surface area contributed by atoms with Gasteiger partial charge in [-0.05, 0) is 31.5 Å². The maximum atomic E-state index is 12.6. The van der Waals surface area contributed by atoms with Crippen molar-refractivity contribution < 1.29 is 27.5 Å². The molecule has 1 N–H and O–H groups in total. The first-order valence-electron chi connectivity index (χ1n) is 6.90. The molecule has 8 nitrogen and oxygen atoms in total. The van der Waals surface area contributed by atoms with Gasteiger partial charge in [-0.25, -0.2) is 18.0 Å². The smallest absolute Gasteiger partial charge is 0.339 e. The first kappa shape index (κ1) is 19.6. The summed E-state index contributed by atoms with van der Waals surface area (Å²) < 4.78 is 36.7. The molecule has 0 aromatic heterocycles. The molecule has 0 saturated heterocycles. The number of carbonyl (C=O) groups is 2. The fraction of sp³-hybridized carbons (Fsp3) is 0.400. The number of benzene rings is 1. The summed E-state index contributed by atoms with van der Waals surface area (Å²) in [4.78, 5) is 23.0. The number of esters is 2. The van der Waals surface area contributed by atoms with Crippen molar-refractivity contribution >= 4 is 22.0 Å². The lowest BCUT2D eigenvalue weighted by Gasteiger charge is -2.22. The van der Waals surface area contributed by atoms with Crippen molar-refractivity contribution in [3.8, 4) is 6.07 Å². The normalized spacial score (nSPS) is 13.5. The zero-order chi connectivity index (χ0) is 18.5. The Kier molecular flexibility index (Phi) is 6.06. The van der Waals surface area contributed by atoms with Gasteiger partial charge < -0.3 is 9.47 Å². The molecular weight excluding hydrogens is 336 g/mol. The minimum absolute atomic E-state index is 0.0549. The Balaban J connectivity index is 3.55. The van der Waals surface area contributed by atoms with Gasteiger partial charge in [-0.2, -0.15) is 9.98 Å². The van der Waals surface area contributed by atoms with Crippen LogP contribution < -0.4 is 4.72 Å². The second kappa shape index (κ2) is 7.42. The van der Waals surface area contributed by atoms with E-state index in [1.807, 2.05) is 6.07 Å². The highest BCUT2D eigenvalue weighted by molar-refractivity contribution is 7.89. The number of hydrogen-bond acceptors (Lipinski definition) is 7. The third-order valence-electron chi connectivity index (χ3n) is 3.41. The van der Waals surface area contributed by atoms with Gasteiger partial charge in [0.2, 0.25) is 10.0 Å². The van der Waals surface area contributed by atoms with Crippen LogP contribution in [0.15, 0.2) is 23.1 Å². The summed E-state index contributed by atoms with van der Waals surface area (Å²) in [7, 11) is -2.02. The summed E-state index contributed by atoms with van der Waals surface area (Å²) in [5.74, 6) is -1.65. The van der Waals surface area contributed by atoms with Crippen LogP contribution in [0.1, 0.15) is 41.0 Å². The quantitative estimate of drug-likeness (QED) is 0.762. The second-order valence-electron chi connectivity index (χ2n) is 5.10. The van der Waals surface area contributed by atoms with E-state index in [1.54, 1.807) is 6.92 Å². The molecule has 1 atom stereocenters. The van der Waals surface area contributed by atoms with Crippen LogP contribution in [0.25, 0.3) is 0 Å². The highest BCUT2D eigenvalue weighted by Crippen LogP contribution is 2.22. The number of nitrogens with one attached hydrogen (secondary N) is 1. The molecule has 0 spiro atoms. The lowest BCUT2D eigenvalue weighted by molar-refractivity contribution is 0.0583. The monoisotopic (exact) mass is 354 g/mol. The minimum atomic E-state index is -4.27. The van der Waals surface area contributed by atoms with Gasteiger partial charge in [-0.3, -0.25) is 0 Å². The van der Waals surface area contributed by atoms with Crippen LogP contribution >= 0.6 is 0 Å². The first-order valence-corrected chi connectivity index (χ1v) is 8.38. The third kappa shape index (κ3) is 4.10. The Labute approximate surface area is 140 Å². The molecule has 9 heteroatoms. The lowest BCUT2D eigenvalue weighted by Crippen LogP contribution is -2.44. The van der Waals surface area contributed by atoms with Crippen molar-refractivity contribution in [2.45, 2.75) is 30.7 Å². The van der Waals surface area contributed by atoms with Crippen LogP contribution in [0.3, 0.4) is 0 Å². The summed E-state index contributed by atoms with van der Waals surface area (Å²) in [5.41, 5.74) is -1.68. The maximum absolute atomic E-state index is 12.6. The van der Waals surface area contributed by atoms with Crippen molar-refractivity contribution in [3.63, 3.8) is 0 Å². The number of methoxy groups -OCH3 is 2. The van der Waals surface area contributed by atoms with Crippen molar-refractivity contribution in [2.75, 3.05) is 14.2 Å². The fourth-order valence-corrected chi connectivity index (χ4v) is 3.41. The third-order valence-corrected chi connectivity index (χ3v) is 5.05. The van der Waals surface area contributed by atoms with Gasteiger partial charge in [0.05, 0.1) is 36.3 Å². The number of nitrogens with zero attached hydrogens (tertiary/aromatic N) is 1. The maximum Gasteiger partial charge on any atom is 0.339 e. The standard InChI is InChI=1S/C15H18N2O6S/c1-5-15(2,9-16)17-24(20,21)12-8-10(13(18)22-3)6-7-11(12)14(19)23-4/h6-8,17H,5H2,1-4H3/t15-/m0/s1. The molecule has 0 aliphatic carbocycles. The Hall–Kier alpha value is -2.44. The second-order valence-corrected chi connectivity index (χ2v) is 6.75. The van der Waals surface area contributed by atoms with Gasteiger partial charge >= 0.3 is 11.9 Å². The van der Waals surface area contributed by atoms with Gasteiger partial charge in [-0.15, -0.1) is 0 Å². The van der Waals surface area contributed by atoms with Crippen LogP contribution in [0.2, 0.25) is 0 Å². The molecule has 1 aromatic rings. The van der Waals surface area contributed by atoms with E-state index in [9.17, 15) is 18.0 Å². The number of nitriles is 1. The zero-order valence-corrected chi connectivity index (χ0v) is 14.6. The molecule has 0 aliphatic heterocycles. The summed E-state index contributed by atoms with van der Waals surface area (Å²) in [6, 6.07) is 5.28. The Bertz CT molecular complexity index is 797. The van der Waals surface area contributed by atoms with Gasteiger partial charge in [0.1, 0.15) is 5.54 Å². The van der Waals surface area contributed by atoms with Gasteiger partial charge in [0, 0.05) is 0 Å². The lowest BCUT2D eigenvalue weighted by atomic mass is 10.0. The summed E-state index contributed by atoms with van der Waals surface area (Å²) >= 11 is 0. The predicted molar refractivity (Wildman–Crippen MR) is 83.8 cm³/mol. The van der Waals surface area contributed by atoms with E-state index in [-0.39, 0.29) is 17.5 Å². The number of carbonyl (C=O) groups excluding carboxylic acids is 2. The predicted octanol–water partition coefficient (Wildman–Crippen LogP) is 1.23. The van der Waals surface area contributed by atoms with Crippen LogP contribution in [0.4, 0.5) is 0 Å². The summed E-state index contributed by atoms with van der Waals surface area (Å²) in [5, 5.41) is 9.16. The van der Waals surface area contributed by atoms with Crippen LogP contribution in [0, 0.1) is 11.3 Å². The van der Waals surface area contributed by atoms with E-state index in [0.29, 0.717) is 0 Å². The van der Waals surface area contributed by atoms with E-state index in [4.69, 9.17) is 5.26 Å². The highest BCUT2D eigenvalue weighted by Gasteiger charge is 2.32. The van der Waals surface area contributed by atoms with Gasteiger partial charge in [-0.1, -0.05) is 6.92 Å². The zero-order valence-electron chi connectivity index (χ0n) is 13.7. The number of hydrogen-bond donors (Lipinski definition) is 1. The molecule has 0 aliphatic rings. The number of ether oxygens (including phenoxy) is 2. The fourth-order valence-electron chi connectivity index (χ4n) is 1.79. The SMILES string of the molecule is CC[C@@](C)(C#N)NS(=O)(=O)c1cc(C(=O)OC)ccc1C(=O)OC. The molecule has 130 valence electrons. The molecule has 1 rings (SSSR count). The van der Waals surface area contributed by atoms with Crippen LogP contribution in [-0.2, 0) is 19.5 Å². The van der Waals surface area contributed by atoms with Crippen LogP contribution in [0.5, 0.6) is 0 Å². The molecule has 0 radical (unpaired) electrons. The van der Waals surface area contributed by atoms with E-state index in [2.05, 4.69) is 14.2 Å². The van der Waals surface area contributed by atoms with Crippen molar-refractivity contribution in [1.82, 2.24) is 4.72 Å². The molecule has 0 fully saturated rings. The Morgan fingerprint density at radius 1 is 1.25 bits per heavy atom. The largest absolute Gasteiger partial charge is 0.465 e. The van der Waals surface area contributed by atoms with Crippen molar-refractivity contribution in [1.29, 1.82) is 5.26 Å². The van der Waals surface area contributed by atoms with E-state index in [1.165, 1.54) is 13.0 Å². The Morgan fingerprint density at radius 2 is 1.83 bits per heavy atom. The van der Waals surface area contributed by atoms with Crippen molar-refractivity contribution in [3.05, 3.63) is 29.3 Å². The number of sulfonamides is 1. The van der Waals surface area contributed by atoms with E-state index >= 15 is 0 Å². The summed E-state index contributed by atoms with van der Waals surface area (Å²) in [6.07, 6.45) is 0.201. The molecule has 0 amide bonds. The van der Waals surface area contributed by atoms with Crippen molar-refractivity contribution in [2.24, 2.45) is 0 Å². The molecular formula is C15H18N2O6S. The molecule has 1 aromatic carbocycles. The minimum Gasteiger partial charge on any atom is -0.465 e. The summed E-state index contributed by atoms with van der Waals surface area (Å²) in [6.45, 7) is 3.05. The van der Waals surface area contributed by atoms with E-state index < -0.39 is 32.4 Å². The van der Waals surface area contributed by atoms with Gasteiger partial charge in [0.15, 0.2) is 0 Å². The Morgan fingerprint density at radius 3 is 2.29 bits per heavy atom. The molecule has 0 bridgehead atoms. The number of rotatable bonds is 6. The molecule has 0 saturated carbocycles.